The van der Waals surface area contributed by atoms with Crippen molar-refractivity contribution in [3.05, 3.63) is 87.3 Å². The van der Waals surface area contributed by atoms with E-state index in [1.54, 1.807) is 50.7 Å². The van der Waals surface area contributed by atoms with Crippen molar-refractivity contribution in [1.29, 1.82) is 0 Å². The molecule has 1 aliphatic carbocycles. The van der Waals surface area contributed by atoms with Crippen molar-refractivity contribution in [3.63, 3.8) is 0 Å². The van der Waals surface area contributed by atoms with Crippen molar-refractivity contribution in [2.45, 2.75) is 33.2 Å². The zero-order chi connectivity index (χ0) is 24.5. The predicted molar refractivity (Wildman–Crippen MR) is 129 cm³/mol. The number of carbonyl (C=O) groups excluding carboxylic acids is 2. The van der Waals surface area contributed by atoms with Crippen LogP contribution in [0.2, 0.25) is 0 Å². The quantitative estimate of drug-likeness (QED) is 0.602. The van der Waals surface area contributed by atoms with Crippen molar-refractivity contribution in [2.75, 3.05) is 14.2 Å². The molecule has 4 rings (SSSR count). The second kappa shape index (κ2) is 9.17. The average molecular weight is 461 g/mol. The molecule has 7 heteroatoms. The zero-order valence-corrected chi connectivity index (χ0v) is 19.8. The number of fused-ring (bicyclic) bond motifs is 1. The summed E-state index contributed by atoms with van der Waals surface area (Å²) in [6.07, 6.45) is 2.40. The second-order valence-corrected chi connectivity index (χ2v) is 9.25. The van der Waals surface area contributed by atoms with E-state index in [0.717, 1.165) is 5.56 Å². The lowest BCUT2D eigenvalue weighted by Crippen LogP contribution is -2.38. The van der Waals surface area contributed by atoms with E-state index >= 15 is 0 Å². The topological polar surface area (TPSA) is 86.6 Å². The molecule has 1 heterocycles. The highest BCUT2D eigenvalue weighted by molar-refractivity contribution is 6.04. The van der Waals surface area contributed by atoms with E-state index in [1.165, 1.54) is 4.57 Å². The number of ketones is 1. The number of carbonyl (C=O) groups is 2. The van der Waals surface area contributed by atoms with Crippen LogP contribution in [-0.4, -0.2) is 30.5 Å². The number of methoxy groups -OCH3 is 2. The molecule has 34 heavy (non-hydrogen) atoms. The highest BCUT2D eigenvalue weighted by Crippen LogP contribution is 2.35. The first kappa shape index (κ1) is 23.3. The summed E-state index contributed by atoms with van der Waals surface area (Å²) < 4.78 is 12.0. The average Bonchev–Trinajstić information content (AvgIpc) is 2.82. The molecular weight excluding hydrogens is 432 g/mol. The number of amides is 1. The van der Waals surface area contributed by atoms with Gasteiger partial charge < -0.3 is 14.8 Å². The maximum Gasteiger partial charge on any atom is 0.268 e. The first-order chi connectivity index (χ1) is 16.2. The Morgan fingerprint density at radius 3 is 2.26 bits per heavy atom. The molecule has 0 saturated carbocycles. The summed E-state index contributed by atoms with van der Waals surface area (Å²) in [5, 5.41) is 2.86. The lowest BCUT2D eigenvalue weighted by Gasteiger charge is -2.31. The van der Waals surface area contributed by atoms with Crippen molar-refractivity contribution in [1.82, 2.24) is 9.88 Å². The first-order valence-electron chi connectivity index (χ1n) is 11.1. The summed E-state index contributed by atoms with van der Waals surface area (Å²) in [7, 11) is 3.11. The van der Waals surface area contributed by atoms with Crippen LogP contribution in [0.1, 0.15) is 52.1 Å². The van der Waals surface area contributed by atoms with E-state index in [2.05, 4.69) is 5.32 Å². The highest BCUT2D eigenvalue weighted by Gasteiger charge is 2.35. The Kier molecular flexibility index (Phi) is 6.28. The Balaban J connectivity index is 1.77. The van der Waals surface area contributed by atoms with E-state index in [0.29, 0.717) is 41.2 Å². The van der Waals surface area contributed by atoms with Crippen LogP contribution in [0.15, 0.2) is 59.5 Å². The Labute approximate surface area is 198 Å². The molecular formula is C27H28N2O5. The molecule has 1 aliphatic rings. The standard InChI is InChI=1S/C27H28N2O5/c1-27(2)13-21-22(23(30)14-27)16-29(18-8-6-5-7-9-18)26(32)24(21)25(31)28-15-17-10-19(33-3)12-20(11-17)34-4/h5-12,16H,13-15H2,1-4H3,(H,28,31). The van der Waals surface area contributed by atoms with Gasteiger partial charge in [-0.15, -0.1) is 0 Å². The summed E-state index contributed by atoms with van der Waals surface area (Å²) in [5.41, 5.74) is 1.52. The van der Waals surface area contributed by atoms with Crippen LogP contribution < -0.4 is 20.3 Å². The largest absolute Gasteiger partial charge is 0.497 e. The summed E-state index contributed by atoms with van der Waals surface area (Å²) in [4.78, 5) is 40.0. The third-order valence-corrected chi connectivity index (χ3v) is 6.04. The minimum absolute atomic E-state index is 0.0114. The maximum absolute atomic E-state index is 13.6. The molecule has 0 bridgehead atoms. The molecule has 0 atom stereocenters. The third-order valence-electron chi connectivity index (χ3n) is 6.04. The third kappa shape index (κ3) is 4.59. The summed E-state index contributed by atoms with van der Waals surface area (Å²) >= 11 is 0. The van der Waals surface area contributed by atoms with Crippen molar-refractivity contribution in [2.24, 2.45) is 5.41 Å². The van der Waals surface area contributed by atoms with Crippen LogP contribution in [0.25, 0.3) is 5.69 Å². The van der Waals surface area contributed by atoms with Gasteiger partial charge >= 0.3 is 0 Å². The Morgan fingerprint density at radius 1 is 1.00 bits per heavy atom. The minimum Gasteiger partial charge on any atom is -0.497 e. The van der Waals surface area contributed by atoms with Crippen LogP contribution >= 0.6 is 0 Å². The molecule has 3 aromatic rings. The number of para-hydroxylation sites is 1. The van der Waals surface area contributed by atoms with Gasteiger partial charge in [-0.3, -0.25) is 19.0 Å². The van der Waals surface area contributed by atoms with Gasteiger partial charge in [-0.05, 0) is 47.2 Å². The number of pyridine rings is 1. The number of nitrogens with one attached hydrogen (secondary N) is 1. The monoisotopic (exact) mass is 460 g/mol. The van der Waals surface area contributed by atoms with Crippen molar-refractivity contribution in [3.8, 4) is 17.2 Å². The van der Waals surface area contributed by atoms with Gasteiger partial charge in [-0.25, -0.2) is 0 Å². The molecule has 2 aromatic carbocycles. The molecule has 1 N–H and O–H groups in total. The number of aromatic nitrogens is 1. The molecule has 0 unspecified atom stereocenters. The molecule has 0 radical (unpaired) electrons. The van der Waals surface area contributed by atoms with Gasteiger partial charge in [0.1, 0.15) is 17.1 Å². The lowest BCUT2D eigenvalue weighted by atomic mass is 9.73. The maximum atomic E-state index is 13.6. The molecule has 0 spiro atoms. The van der Waals surface area contributed by atoms with Gasteiger partial charge in [0.25, 0.3) is 11.5 Å². The fourth-order valence-corrected chi connectivity index (χ4v) is 4.40. The molecule has 0 saturated heterocycles. The number of hydrogen-bond donors (Lipinski definition) is 1. The number of hydrogen-bond acceptors (Lipinski definition) is 5. The molecule has 1 amide bonds. The summed E-state index contributed by atoms with van der Waals surface area (Å²) in [5.74, 6) is 0.611. The lowest BCUT2D eigenvalue weighted by molar-refractivity contribution is 0.0908. The zero-order valence-electron chi connectivity index (χ0n) is 19.8. The van der Waals surface area contributed by atoms with Gasteiger partial charge in [0, 0.05) is 36.5 Å². The fourth-order valence-electron chi connectivity index (χ4n) is 4.40. The Bertz CT molecular complexity index is 1290. The molecule has 176 valence electrons. The van der Waals surface area contributed by atoms with Gasteiger partial charge in [0.2, 0.25) is 0 Å². The van der Waals surface area contributed by atoms with Crippen molar-refractivity contribution < 1.29 is 19.1 Å². The number of ether oxygens (including phenoxy) is 2. The highest BCUT2D eigenvalue weighted by atomic mass is 16.5. The molecule has 7 nitrogen and oxygen atoms in total. The van der Waals surface area contributed by atoms with Gasteiger partial charge in [-0.1, -0.05) is 32.0 Å². The first-order valence-corrected chi connectivity index (χ1v) is 11.1. The number of benzene rings is 2. The Hall–Kier alpha value is -3.87. The van der Waals surface area contributed by atoms with Gasteiger partial charge in [-0.2, -0.15) is 0 Å². The molecule has 0 fully saturated rings. The second-order valence-electron chi connectivity index (χ2n) is 9.25. The smallest absolute Gasteiger partial charge is 0.268 e. The van der Waals surface area contributed by atoms with Crippen LogP contribution in [0.3, 0.4) is 0 Å². The minimum atomic E-state index is -0.515. The van der Waals surface area contributed by atoms with E-state index < -0.39 is 11.5 Å². The number of nitrogens with zero attached hydrogens (tertiary/aromatic N) is 1. The molecule has 0 aliphatic heterocycles. The SMILES string of the molecule is COc1cc(CNC(=O)c2c3c(cn(-c4ccccc4)c2=O)C(=O)CC(C)(C)C3)cc(OC)c1. The summed E-state index contributed by atoms with van der Waals surface area (Å²) in [6, 6.07) is 14.3. The number of Topliss-reactive ketones (excluding diaryl/α,β-unsaturated/α-hetero) is 1. The fraction of sp³-hybridized carbons (Fsp3) is 0.296. The predicted octanol–water partition coefficient (Wildman–Crippen LogP) is 3.94. The Morgan fingerprint density at radius 2 is 1.65 bits per heavy atom. The summed E-state index contributed by atoms with van der Waals surface area (Å²) in [6.45, 7) is 4.11. The van der Waals surface area contributed by atoms with E-state index in [-0.39, 0.29) is 23.3 Å². The van der Waals surface area contributed by atoms with E-state index in [1.807, 2.05) is 32.0 Å². The van der Waals surface area contributed by atoms with Crippen LogP contribution in [-0.2, 0) is 13.0 Å². The van der Waals surface area contributed by atoms with E-state index in [9.17, 15) is 14.4 Å². The van der Waals surface area contributed by atoms with Crippen molar-refractivity contribution >= 4 is 11.7 Å². The van der Waals surface area contributed by atoms with Crippen LogP contribution in [0, 0.1) is 5.41 Å². The number of rotatable bonds is 6. The van der Waals surface area contributed by atoms with Gasteiger partial charge in [0.15, 0.2) is 5.78 Å². The van der Waals surface area contributed by atoms with Gasteiger partial charge in [0.05, 0.1) is 14.2 Å². The molecule has 1 aromatic heterocycles. The van der Waals surface area contributed by atoms with E-state index in [4.69, 9.17) is 9.47 Å². The normalized spacial score (nSPS) is 14.3. The van der Waals surface area contributed by atoms with Crippen LogP contribution in [0.4, 0.5) is 0 Å². The van der Waals surface area contributed by atoms with Crippen LogP contribution in [0.5, 0.6) is 11.5 Å².